The molecule has 3 heterocycles. The number of aliphatic hydroxyl groups excluding tert-OH is 3. The number of nitrogens with two attached hydrogens (primary N) is 1. The number of para-hydroxylation sites is 1. The molecule has 3 aromatic rings. The number of rotatable bonds is 5. The molecule has 0 saturated carbocycles. The molecule has 4 atom stereocenters. The molecule has 1 amide bonds. The van der Waals surface area contributed by atoms with Crippen LogP contribution in [0.25, 0.3) is 11.2 Å². The molecule has 14 nitrogen and oxygen atoms in total. The molecule has 14 heteroatoms. The highest BCUT2D eigenvalue weighted by atomic mass is 16.6. The average Bonchev–Trinajstić information content (AvgIpc) is 3.30. The molecule has 1 aromatic carbocycles. The van der Waals surface area contributed by atoms with Crippen molar-refractivity contribution in [3.63, 3.8) is 0 Å². The first kappa shape index (κ1) is 20.5. The number of amides is 1. The van der Waals surface area contributed by atoms with E-state index in [4.69, 9.17) is 15.2 Å². The maximum absolute atomic E-state index is 11.7. The molecule has 162 valence electrons. The molecule has 1 aliphatic heterocycles. The third-order valence-electron chi connectivity index (χ3n) is 4.46. The number of carbonyl (C=O) groups excluding carboxylic acids is 1. The van der Waals surface area contributed by atoms with Gasteiger partial charge in [-0.05, 0) is 12.1 Å². The van der Waals surface area contributed by atoms with Crippen molar-refractivity contribution in [2.45, 2.75) is 24.5 Å². The van der Waals surface area contributed by atoms with E-state index in [1.165, 1.54) is 10.9 Å². The number of hydrogen-bond donors (Lipinski definition) is 5. The van der Waals surface area contributed by atoms with Gasteiger partial charge in [-0.3, -0.25) is 4.57 Å². The first-order valence-electron chi connectivity index (χ1n) is 9.04. The lowest BCUT2D eigenvalue weighted by atomic mass is 10.1. The number of nitrogen functional groups attached to an aromatic ring is 1. The highest BCUT2D eigenvalue weighted by Gasteiger charge is 2.44. The molecule has 1 aliphatic rings. The maximum Gasteiger partial charge on any atom is 0.434 e. The zero-order valence-corrected chi connectivity index (χ0v) is 15.8. The standard InChI is InChI=1S/C17H18N8O6/c18-13-10-14(25(7-19-10)15-12(28)11(27)9(6-26)31-15)21-16(20-13)22-24-23-17(29)30-8-4-2-1-3-5-8/h1-5,7,9,11-12,15,26-28H,6H2,(H3,18,20,21,22,23,29)/t9-,11-,12-,15-/m1/s1. The van der Waals surface area contributed by atoms with Crippen LogP contribution in [-0.2, 0) is 4.74 Å². The van der Waals surface area contributed by atoms with Gasteiger partial charge in [0.15, 0.2) is 17.7 Å². The number of aliphatic hydroxyl groups is 3. The van der Waals surface area contributed by atoms with Crippen LogP contribution in [0.4, 0.5) is 16.6 Å². The molecular weight excluding hydrogens is 412 g/mol. The molecule has 4 rings (SSSR count). The summed E-state index contributed by atoms with van der Waals surface area (Å²) in [6.07, 6.45) is -4.27. The third kappa shape index (κ3) is 4.13. The number of hydrogen-bond acceptors (Lipinski definition) is 12. The van der Waals surface area contributed by atoms with E-state index >= 15 is 0 Å². The number of anilines is 1. The van der Waals surface area contributed by atoms with Crippen molar-refractivity contribution in [1.82, 2.24) is 24.9 Å². The van der Waals surface area contributed by atoms with Gasteiger partial charge in [-0.1, -0.05) is 28.5 Å². The number of carbonyl (C=O) groups is 1. The molecule has 31 heavy (non-hydrogen) atoms. The molecule has 6 N–H and O–H groups in total. The van der Waals surface area contributed by atoms with Crippen LogP contribution >= 0.6 is 0 Å². The summed E-state index contributed by atoms with van der Waals surface area (Å²) >= 11 is 0. The SMILES string of the molecule is Nc1nc(/N=N/NC(=O)Oc2ccccc2)nc2c1ncn2[C@@H]1O[C@H](CO)[C@@H](O)[C@H]1O. The summed E-state index contributed by atoms with van der Waals surface area (Å²) in [5.41, 5.74) is 8.29. The molecule has 1 fully saturated rings. The Kier molecular flexibility index (Phi) is 5.68. The minimum atomic E-state index is -1.34. The smallest absolute Gasteiger partial charge is 0.409 e. The molecule has 1 saturated heterocycles. The van der Waals surface area contributed by atoms with Gasteiger partial charge in [0.05, 0.1) is 12.9 Å². The Morgan fingerprint density at radius 1 is 1.26 bits per heavy atom. The summed E-state index contributed by atoms with van der Waals surface area (Å²) in [6.45, 7) is -0.483. The molecular formula is C17H18N8O6. The van der Waals surface area contributed by atoms with E-state index < -0.39 is 37.2 Å². The number of imidazole rings is 1. The minimum absolute atomic E-state index is 0.0312. The summed E-state index contributed by atoms with van der Waals surface area (Å²) in [5.74, 6) is 0.0781. The predicted octanol–water partition coefficient (Wildman–Crippen LogP) is -0.193. The Bertz CT molecular complexity index is 1110. The van der Waals surface area contributed by atoms with Crippen LogP contribution in [0.3, 0.4) is 0 Å². The van der Waals surface area contributed by atoms with Crippen molar-refractivity contribution >= 4 is 29.0 Å². The Balaban J connectivity index is 1.52. The number of benzene rings is 1. The van der Waals surface area contributed by atoms with E-state index in [1.807, 2.05) is 0 Å². The Hall–Kier alpha value is -3.72. The van der Waals surface area contributed by atoms with Crippen molar-refractivity contribution in [2.75, 3.05) is 12.3 Å². The van der Waals surface area contributed by atoms with Crippen LogP contribution < -0.4 is 15.9 Å². The molecule has 0 bridgehead atoms. The molecule has 0 unspecified atom stereocenters. The minimum Gasteiger partial charge on any atom is -0.409 e. The Morgan fingerprint density at radius 3 is 2.74 bits per heavy atom. The lowest BCUT2D eigenvalue weighted by Gasteiger charge is -2.16. The fourth-order valence-electron chi connectivity index (χ4n) is 3.00. The first-order chi connectivity index (χ1) is 15.0. The van der Waals surface area contributed by atoms with Gasteiger partial charge in [0.25, 0.3) is 5.95 Å². The van der Waals surface area contributed by atoms with Crippen LogP contribution in [0.5, 0.6) is 5.75 Å². The van der Waals surface area contributed by atoms with Crippen LogP contribution in [0.15, 0.2) is 47.0 Å². The second-order valence-corrected chi connectivity index (χ2v) is 6.48. The van der Waals surface area contributed by atoms with Gasteiger partial charge in [-0.2, -0.15) is 15.4 Å². The van der Waals surface area contributed by atoms with E-state index in [0.29, 0.717) is 5.75 Å². The number of ether oxygens (including phenoxy) is 2. The number of nitrogens with zero attached hydrogens (tertiary/aromatic N) is 6. The monoisotopic (exact) mass is 430 g/mol. The zero-order valence-electron chi connectivity index (χ0n) is 15.8. The first-order valence-corrected chi connectivity index (χ1v) is 9.04. The second-order valence-electron chi connectivity index (χ2n) is 6.48. The van der Waals surface area contributed by atoms with Crippen LogP contribution in [0.2, 0.25) is 0 Å². The second kappa shape index (κ2) is 8.57. The van der Waals surface area contributed by atoms with Gasteiger partial charge in [0.1, 0.15) is 29.6 Å². The fourth-order valence-corrected chi connectivity index (χ4v) is 3.00. The Morgan fingerprint density at radius 2 is 2.03 bits per heavy atom. The molecule has 2 aromatic heterocycles. The van der Waals surface area contributed by atoms with Crippen molar-refractivity contribution in [3.8, 4) is 5.75 Å². The summed E-state index contributed by atoms with van der Waals surface area (Å²) < 4.78 is 11.8. The Labute approximate surface area is 174 Å². The van der Waals surface area contributed by atoms with E-state index in [1.54, 1.807) is 30.3 Å². The topological polar surface area (TPSA) is 203 Å². The van der Waals surface area contributed by atoms with Crippen molar-refractivity contribution in [2.24, 2.45) is 10.3 Å². The molecule has 0 spiro atoms. The van der Waals surface area contributed by atoms with Gasteiger partial charge >= 0.3 is 6.09 Å². The summed E-state index contributed by atoms with van der Waals surface area (Å²) in [6, 6.07) is 8.35. The summed E-state index contributed by atoms with van der Waals surface area (Å²) in [7, 11) is 0. The van der Waals surface area contributed by atoms with Gasteiger partial charge < -0.3 is 30.5 Å². The van der Waals surface area contributed by atoms with Gasteiger partial charge in [-0.15, -0.1) is 0 Å². The lowest BCUT2D eigenvalue weighted by Crippen LogP contribution is -2.33. The molecule has 0 radical (unpaired) electrons. The van der Waals surface area contributed by atoms with E-state index in [2.05, 4.69) is 30.7 Å². The van der Waals surface area contributed by atoms with Crippen LogP contribution in [-0.4, -0.2) is 65.9 Å². The normalized spacial score (nSPS) is 23.5. The highest BCUT2D eigenvalue weighted by Crippen LogP contribution is 2.32. The lowest BCUT2D eigenvalue weighted by molar-refractivity contribution is -0.0511. The van der Waals surface area contributed by atoms with Gasteiger partial charge in [0.2, 0.25) is 0 Å². The summed E-state index contributed by atoms with van der Waals surface area (Å²) in [5, 5.41) is 36.7. The van der Waals surface area contributed by atoms with Crippen molar-refractivity contribution in [1.29, 1.82) is 0 Å². The summed E-state index contributed by atoms with van der Waals surface area (Å²) in [4.78, 5) is 23.9. The quantitative estimate of drug-likeness (QED) is 0.266. The average molecular weight is 430 g/mol. The number of nitrogens with one attached hydrogen (secondary N) is 1. The fraction of sp³-hybridized carbons (Fsp3) is 0.294. The van der Waals surface area contributed by atoms with E-state index in [0.717, 1.165) is 0 Å². The van der Waals surface area contributed by atoms with Crippen molar-refractivity contribution in [3.05, 3.63) is 36.7 Å². The maximum atomic E-state index is 11.7. The van der Waals surface area contributed by atoms with Crippen LogP contribution in [0, 0.1) is 0 Å². The van der Waals surface area contributed by atoms with Gasteiger partial charge in [0, 0.05) is 0 Å². The largest absolute Gasteiger partial charge is 0.434 e. The van der Waals surface area contributed by atoms with E-state index in [-0.39, 0.29) is 22.9 Å². The number of fused-ring (bicyclic) bond motifs is 1. The number of aromatic nitrogens is 4. The zero-order chi connectivity index (χ0) is 22.0. The third-order valence-corrected chi connectivity index (χ3v) is 4.46. The van der Waals surface area contributed by atoms with E-state index in [9.17, 15) is 20.1 Å². The highest BCUT2D eigenvalue weighted by molar-refractivity contribution is 5.82. The molecule has 0 aliphatic carbocycles. The van der Waals surface area contributed by atoms with Gasteiger partial charge in [-0.25, -0.2) is 9.78 Å². The van der Waals surface area contributed by atoms with Crippen LogP contribution in [0.1, 0.15) is 6.23 Å². The van der Waals surface area contributed by atoms with Crippen molar-refractivity contribution < 1.29 is 29.6 Å². The predicted molar refractivity (Wildman–Crippen MR) is 103 cm³/mol.